The first-order valence-electron chi connectivity index (χ1n) is 6.00. The number of hydrogen-bond acceptors (Lipinski definition) is 4. The van der Waals surface area contributed by atoms with Gasteiger partial charge >= 0.3 is 5.97 Å². The van der Waals surface area contributed by atoms with Crippen molar-refractivity contribution in [3.8, 4) is 17.0 Å². The van der Waals surface area contributed by atoms with E-state index in [0.717, 1.165) is 26.8 Å². The molecule has 0 aliphatic heterocycles. The lowest BCUT2D eigenvalue weighted by atomic mass is 10.1. The predicted molar refractivity (Wildman–Crippen MR) is 76.4 cm³/mol. The lowest BCUT2D eigenvalue weighted by Crippen LogP contribution is -1.97. The highest BCUT2D eigenvalue weighted by Gasteiger charge is 2.12. The van der Waals surface area contributed by atoms with E-state index in [1.54, 1.807) is 13.3 Å². The molecule has 2 heterocycles. The van der Waals surface area contributed by atoms with E-state index in [2.05, 4.69) is 4.98 Å². The van der Waals surface area contributed by atoms with Gasteiger partial charge in [0, 0.05) is 22.8 Å². The summed E-state index contributed by atoms with van der Waals surface area (Å²) in [4.78, 5) is 16.8. The lowest BCUT2D eigenvalue weighted by molar-refractivity contribution is -0.136. The molecule has 5 nitrogen and oxygen atoms in total. The van der Waals surface area contributed by atoms with Crippen molar-refractivity contribution >= 4 is 22.3 Å². The summed E-state index contributed by atoms with van der Waals surface area (Å²) in [6, 6.07) is 7.68. The molecule has 102 valence electrons. The molecule has 0 amide bonds. The molecule has 3 aromatic rings. The molecule has 0 atom stereocenters. The van der Waals surface area contributed by atoms with Gasteiger partial charge in [0.25, 0.3) is 0 Å². The van der Waals surface area contributed by atoms with E-state index in [-0.39, 0.29) is 6.42 Å². The molecule has 6 heteroatoms. The Morgan fingerprint density at radius 1 is 1.40 bits per heavy atom. The molecule has 0 fully saturated rings. The van der Waals surface area contributed by atoms with Crippen molar-refractivity contribution < 1.29 is 14.6 Å². The fraction of sp³-hybridized carbons (Fsp3) is 0.143. The van der Waals surface area contributed by atoms with E-state index in [1.807, 2.05) is 34.9 Å². The van der Waals surface area contributed by atoms with Gasteiger partial charge in [0.05, 0.1) is 19.2 Å². The van der Waals surface area contributed by atoms with Crippen molar-refractivity contribution in [1.82, 2.24) is 9.38 Å². The number of imidazole rings is 1. The van der Waals surface area contributed by atoms with Crippen LogP contribution < -0.4 is 4.74 Å². The van der Waals surface area contributed by atoms with Crippen LogP contribution in [-0.4, -0.2) is 27.6 Å². The van der Waals surface area contributed by atoms with E-state index in [1.165, 1.54) is 11.3 Å². The van der Waals surface area contributed by atoms with Gasteiger partial charge in [0.1, 0.15) is 5.75 Å². The molecule has 0 unspecified atom stereocenters. The monoisotopic (exact) mass is 288 g/mol. The Morgan fingerprint density at radius 2 is 2.20 bits per heavy atom. The number of ether oxygens (including phenoxy) is 1. The van der Waals surface area contributed by atoms with E-state index in [0.29, 0.717) is 0 Å². The maximum Gasteiger partial charge on any atom is 0.308 e. The van der Waals surface area contributed by atoms with Crippen LogP contribution in [0.5, 0.6) is 5.75 Å². The fourth-order valence-corrected chi connectivity index (χ4v) is 3.01. The minimum Gasteiger partial charge on any atom is -0.496 e. The largest absolute Gasteiger partial charge is 0.496 e. The molecule has 20 heavy (non-hydrogen) atoms. The van der Waals surface area contributed by atoms with E-state index >= 15 is 0 Å². The second-order valence-corrected chi connectivity index (χ2v) is 5.38. The topological polar surface area (TPSA) is 63.8 Å². The normalized spacial score (nSPS) is 10.8. The van der Waals surface area contributed by atoms with Crippen LogP contribution in [0.15, 0.2) is 36.7 Å². The molecule has 0 saturated carbocycles. The van der Waals surface area contributed by atoms with Crippen molar-refractivity contribution in [1.29, 1.82) is 0 Å². The summed E-state index contributed by atoms with van der Waals surface area (Å²) in [5.74, 6) is -0.0662. The smallest absolute Gasteiger partial charge is 0.308 e. The number of carbonyl (C=O) groups is 1. The molecule has 0 aliphatic carbocycles. The highest BCUT2D eigenvalue weighted by Crippen LogP contribution is 2.30. The number of para-hydroxylation sites is 1. The Bertz CT molecular complexity index is 744. The average Bonchev–Trinajstić information content (AvgIpc) is 2.95. The number of benzene rings is 1. The summed E-state index contributed by atoms with van der Waals surface area (Å²) >= 11 is 1.38. The van der Waals surface area contributed by atoms with Crippen LogP contribution in [0.25, 0.3) is 16.2 Å². The molecule has 0 spiro atoms. The number of aromatic nitrogens is 2. The van der Waals surface area contributed by atoms with Crippen molar-refractivity contribution in [3.63, 3.8) is 0 Å². The van der Waals surface area contributed by atoms with Gasteiger partial charge in [0.2, 0.25) is 0 Å². The third-order valence-electron chi connectivity index (χ3n) is 2.91. The van der Waals surface area contributed by atoms with Gasteiger partial charge < -0.3 is 9.84 Å². The molecular formula is C14H12N2O3S. The number of hydrogen-bond donors (Lipinski definition) is 1. The number of methoxy groups -OCH3 is 1. The van der Waals surface area contributed by atoms with Crippen LogP contribution in [0.1, 0.15) is 4.88 Å². The Labute approximate surface area is 119 Å². The van der Waals surface area contributed by atoms with Gasteiger partial charge in [0.15, 0.2) is 4.96 Å². The highest BCUT2D eigenvalue weighted by atomic mass is 32.1. The Balaban J connectivity index is 2.01. The van der Waals surface area contributed by atoms with Crippen LogP contribution in [-0.2, 0) is 11.2 Å². The number of rotatable bonds is 4. The minimum atomic E-state index is -0.834. The van der Waals surface area contributed by atoms with Crippen molar-refractivity contribution in [2.75, 3.05) is 7.11 Å². The molecule has 2 aromatic heterocycles. The van der Waals surface area contributed by atoms with Crippen LogP contribution >= 0.6 is 11.3 Å². The molecule has 1 N–H and O–H groups in total. The number of nitrogens with zero attached hydrogens (tertiary/aromatic N) is 2. The van der Waals surface area contributed by atoms with Crippen molar-refractivity contribution in [3.05, 3.63) is 41.5 Å². The van der Waals surface area contributed by atoms with Gasteiger partial charge in [-0.2, -0.15) is 0 Å². The van der Waals surface area contributed by atoms with Crippen LogP contribution in [0, 0.1) is 0 Å². The summed E-state index contributed by atoms with van der Waals surface area (Å²) < 4.78 is 7.18. The number of thiazole rings is 1. The Hall–Kier alpha value is -2.34. The van der Waals surface area contributed by atoms with Crippen molar-refractivity contribution in [2.24, 2.45) is 0 Å². The second kappa shape index (κ2) is 4.97. The van der Waals surface area contributed by atoms with Gasteiger partial charge in [-0.05, 0) is 12.1 Å². The molecule has 0 radical (unpaired) electrons. The summed E-state index contributed by atoms with van der Waals surface area (Å²) in [5, 5.41) is 8.79. The first kappa shape index (κ1) is 12.7. The number of fused-ring (bicyclic) bond motifs is 1. The molecule has 1 aromatic carbocycles. The Kier molecular flexibility index (Phi) is 3.15. The standard InChI is InChI=1S/C14H12N2O3S/c1-19-12-5-3-2-4-10(12)11-8-16-7-9(6-13(17)18)20-14(16)15-11/h2-5,7-8H,6H2,1H3,(H,17,18). The molecule has 0 saturated heterocycles. The zero-order chi connectivity index (χ0) is 14.1. The van der Waals surface area contributed by atoms with Crippen molar-refractivity contribution in [2.45, 2.75) is 6.42 Å². The maximum atomic E-state index is 10.7. The second-order valence-electron chi connectivity index (χ2n) is 4.28. The van der Waals surface area contributed by atoms with Gasteiger partial charge in [-0.15, -0.1) is 11.3 Å². The quantitative estimate of drug-likeness (QED) is 0.801. The third-order valence-corrected chi connectivity index (χ3v) is 3.91. The SMILES string of the molecule is COc1ccccc1-c1cn2cc(CC(=O)O)sc2n1. The predicted octanol–water partition coefficient (Wildman–Crippen LogP) is 2.70. The first-order chi connectivity index (χ1) is 9.67. The summed E-state index contributed by atoms with van der Waals surface area (Å²) in [6.45, 7) is 0. The summed E-state index contributed by atoms with van der Waals surface area (Å²) in [6.07, 6.45) is 3.72. The maximum absolute atomic E-state index is 10.7. The van der Waals surface area contributed by atoms with Crippen LogP contribution in [0.3, 0.4) is 0 Å². The van der Waals surface area contributed by atoms with Gasteiger partial charge in [-0.1, -0.05) is 12.1 Å². The first-order valence-corrected chi connectivity index (χ1v) is 6.81. The highest BCUT2D eigenvalue weighted by molar-refractivity contribution is 7.17. The fourth-order valence-electron chi connectivity index (χ4n) is 2.06. The number of carboxylic acid groups (broad SMARTS) is 1. The number of carboxylic acids is 1. The molecule has 0 aliphatic rings. The number of aliphatic carboxylic acids is 1. The molecule has 0 bridgehead atoms. The molecule has 3 rings (SSSR count). The van der Waals surface area contributed by atoms with Crippen LogP contribution in [0.4, 0.5) is 0 Å². The van der Waals surface area contributed by atoms with Crippen LogP contribution in [0.2, 0.25) is 0 Å². The third kappa shape index (κ3) is 2.25. The summed E-state index contributed by atoms with van der Waals surface area (Å²) in [5.41, 5.74) is 1.74. The Morgan fingerprint density at radius 3 is 2.90 bits per heavy atom. The minimum absolute atomic E-state index is 0.0258. The zero-order valence-electron chi connectivity index (χ0n) is 10.7. The van der Waals surface area contributed by atoms with E-state index < -0.39 is 5.97 Å². The lowest BCUT2D eigenvalue weighted by Gasteiger charge is -2.04. The van der Waals surface area contributed by atoms with E-state index in [4.69, 9.17) is 9.84 Å². The van der Waals surface area contributed by atoms with Gasteiger partial charge in [-0.25, -0.2) is 4.98 Å². The zero-order valence-corrected chi connectivity index (χ0v) is 11.6. The average molecular weight is 288 g/mol. The summed E-state index contributed by atoms with van der Waals surface area (Å²) in [7, 11) is 1.63. The molecular weight excluding hydrogens is 276 g/mol. The van der Waals surface area contributed by atoms with E-state index in [9.17, 15) is 4.79 Å². The van der Waals surface area contributed by atoms with Gasteiger partial charge in [-0.3, -0.25) is 9.20 Å².